The van der Waals surface area contributed by atoms with Gasteiger partial charge in [0, 0.05) is 0 Å². The Morgan fingerprint density at radius 1 is 1.18 bits per heavy atom. The SMILES string of the molecule is O[C@H]1CO[C@H]2OC[C@@H](OCc3ccccc3)[C@H]21. The van der Waals surface area contributed by atoms with Gasteiger partial charge >= 0.3 is 0 Å². The van der Waals surface area contributed by atoms with Gasteiger partial charge in [0.2, 0.25) is 0 Å². The van der Waals surface area contributed by atoms with E-state index in [2.05, 4.69) is 0 Å². The van der Waals surface area contributed by atoms with Crippen LogP contribution in [0.15, 0.2) is 30.3 Å². The van der Waals surface area contributed by atoms with Crippen LogP contribution in [0, 0.1) is 5.92 Å². The van der Waals surface area contributed by atoms with E-state index < -0.39 is 6.10 Å². The van der Waals surface area contributed by atoms with Crippen LogP contribution < -0.4 is 0 Å². The average molecular weight is 236 g/mol. The predicted octanol–water partition coefficient (Wildman–Crippen LogP) is 0.935. The molecule has 2 heterocycles. The van der Waals surface area contributed by atoms with Crippen molar-refractivity contribution in [3.8, 4) is 0 Å². The minimum Gasteiger partial charge on any atom is -0.390 e. The van der Waals surface area contributed by atoms with E-state index in [0.717, 1.165) is 5.56 Å². The van der Waals surface area contributed by atoms with Gasteiger partial charge < -0.3 is 19.3 Å². The second-order valence-electron chi connectivity index (χ2n) is 4.51. The smallest absolute Gasteiger partial charge is 0.165 e. The van der Waals surface area contributed by atoms with Crippen LogP contribution in [0.4, 0.5) is 0 Å². The molecule has 3 rings (SSSR count). The summed E-state index contributed by atoms with van der Waals surface area (Å²) >= 11 is 0. The second-order valence-corrected chi connectivity index (χ2v) is 4.51. The number of hydrogen-bond donors (Lipinski definition) is 1. The maximum atomic E-state index is 9.78. The van der Waals surface area contributed by atoms with Gasteiger partial charge in [-0.1, -0.05) is 30.3 Å². The lowest BCUT2D eigenvalue weighted by Crippen LogP contribution is -2.32. The van der Waals surface area contributed by atoms with E-state index in [4.69, 9.17) is 14.2 Å². The second kappa shape index (κ2) is 4.74. The zero-order valence-corrected chi connectivity index (χ0v) is 9.49. The molecule has 0 amide bonds. The van der Waals surface area contributed by atoms with Gasteiger partial charge in [-0.3, -0.25) is 0 Å². The van der Waals surface area contributed by atoms with Crippen LogP contribution in [0.2, 0.25) is 0 Å². The summed E-state index contributed by atoms with van der Waals surface area (Å²) in [5, 5.41) is 9.78. The van der Waals surface area contributed by atoms with Gasteiger partial charge in [0.05, 0.1) is 37.9 Å². The Morgan fingerprint density at radius 3 is 2.76 bits per heavy atom. The Hall–Kier alpha value is -0.940. The standard InChI is InChI=1S/C13H16O4/c14-10-7-16-13-12(10)11(8-17-13)15-6-9-4-2-1-3-5-9/h1-5,10-14H,6-8H2/t10-,11+,12+,13-/m0/s1. The fraction of sp³-hybridized carbons (Fsp3) is 0.538. The summed E-state index contributed by atoms with van der Waals surface area (Å²) < 4.78 is 16.6. The van der Waals surface area contributed by atoms with Crippen molar-refractivity contribution >= 4 is 0 Å². The van der Waals surface area contributed by atoms with E-state index >= 15 is 0 Å². The molecule has 4 nitrogen and oxygen atoms in total. The highest BCUT2D eigenvalue weighted by atomic mass is 16.7. The van der Waals surface area contributed by atoms with Crippen molar-refractivity contribution in [2.24, 2.45) is 5.92 Å². The number of aliphatic hydroxyl groups is 1. The van der Waals surface area contributed by atoms with Crippen LogP contribution in [0.3, 0.4) is 0 Å². The van der Waals surface area contributed by atoms with Crippen LogP contribution in [0.1, 0.15) is 5.56 Å². The lowest BCUT2D eigenvalue weighted by atomic mass is 10.0. The molecule has 2 aliphatic rings. The first kappa shape index (κ1) is 11.2. The first-order valence-corrected chi connectivity index (χ1v) is 5.91. The highest BCUT2D eigenvalue weighted by Crippen LogP contribution is 2.33. The van der Waals surface area contributed by atoms with E-state index in [-0.39, 0.29) is 18.3 Å². The first-order chi connectivity index (χ1) is 8.34. The molecule has 0 saturated carbocycles. The van der Waals surface area contributed by atoms with Gasteiger partial charge in [-0.15, -0.1) is 0 Å². The van der Waals surface area contributed by atoms with E-state index in [9.17, 15) is 5.11 Å². The molecule has 0 unspecified atom stereocenters. The van der Waals surface area contributed by atoms with Crippen molar-refractivity contribution in [1.29, 1.82) is 0 Å². The Labute approximate surface area is 100 Å². The molecule has 0 aromatic heterocycles. The van der Waals surface area contributed by atoms with E-state index in [1.165, 1.54) is 0 Å². The van der Waals surface area contributed by atoms with Gasteiger partial charge in [-0.25, -0.2) is 0 Å². The maximum Gasteiger partial charge on any atom is 0.165 e. The Bertz CT molecular complexity index is 367. The van der Waals surface area contributed by atoms with Crippen LogP contribution in [0.5, 0.6) is 0 Å². The number of aliphatic hydroxyl groups excluding tert-OH is 1. The summed E-state index contributed by atoms with van der Waals surface area (Å²) in [6.07, 6.45) is -0.827. The van der Waals surface area contributed by atoms with Crippen molar-refractivity contribution in [2.45, 2.75) is 25.1 Å². The summed E-state index contributed by atoms with van der Waals surface area (Å²) in [7, 11) is 0. The van der Waals surface area contributed by atoms with Crippen molar-refractivity contribution in [1.82, 2.24) is 0 Å². The number of benzene rings is 1. The molecule has 2 saturated heterocycles. The lowest BCUT2D eigenvalue weighted by molar-refractivity contribution is -0.0915. The molecule has 0 radical (unpaired) electrons. The van der Waals surface area contributed by atoms with Crippen molar-refractivity contribution in [3.63, 3.8) is 0 Å². The Kier molecular flexibility index (Phi) is 3.11. The predicted molar refractivity (Wildman–Crippen MR) is 60.2 cm³/mol. The highest BCUT2D eigenvalue weighted by molar-refractivity contribution is 5.13. The molecule has 17 heavy (non-hydrogen) atoms. The Balaban J connectivity index is 1.59. The summed E-state index contributed by atoms with van der Waals surface area (Å²) in [4.78, 5) is 0. The normalized spacial score (nSPS) is 36.1. The monoisotopic (exact) mass is 236 g/mol. The van der Waals surface area contributed by atoms with Gasteiger partial charge in [0.1, 0.15) is 0 Å². The fourth-order valence-electron chi connectivity index (χ4n) is 2.42. The largest absolute Gasteiger partial charge is 0.390 e. The van der Waals surface area contributed by atoms with Crippen LogP contribution >= 0.6 is 0 Å². The summed E-state index contributed by atoms with van der Waals surface area (Å²) in [6.45, 7) is 1.39. The quantitative estimate of drug-likeness (QED) is 0.848. The molecule has 1 aromatic carbocycles. The molecular formula is C13H16O4. The molecular weight excluding hydrogens is 220 g/mol. The highest BCUT2D eigenvalue weighted by Gasteiger charge is 2.48. The van der Waals surface area contributed by atoms with Crippen molar-refractivity contribution in [3.05, 3.63) is 35.9 Å². The molecule has 0 spiro atoms. The van der Waals surface area contributed by atoms with Crippen LogP contribution in [-0.2, 0) is 20.8 Å². The fourth-order valence-corrected chi connectivity index (χ4v) is 2.42. The van der Waals surface area contributed by atoms with Crippen molar-refractivity contribution in [2.75, 3.05) is 13.2 Å². The molecule has 4 heteroatoms. The number of fused-ring (bicyclic) bond motifs is 1. The maximum absolute atomic E-state index is 9.78. The first-order valence-electron chi connectivity index (χ1n) is 5.91. The lowest BCUT2D eigenvalue weighted by Gasteiger charge is -2.18. The van der Waals surface area contributed by atoms with E-state index in [1.807, 2.05) is 30.3 Å². The summed E-state index contributed by atoms with van der Waals surface area (Å²) in [5.41, 5.74) is 1.13. The van der Waals surface area contributed by atoms with E-state index in [1.54, 1.807) is 0 Å². The molecule has 0 aliphatic carbocycles. The minimum atomic E-state index is -0.469. The minimum absolute atomic E-state index is 0.0429. The third-order valence-corrected chi connectivity index (χ3v) is 3.35. The number of rotatable bonds is 3. The van der Waals surface area contributed by atoms with Gasteiger partial charge in [0.25, 0.3) is 0 Å². The zero-order valence-electron chi connectivity index (χ0n) is 9.49. The van der Waals surface area contributed by atoms with E-state index in [0.29, 0.717) is 19.8 Å². The summed E-state index contributed by atoms with van der Waals surface area (Å²) in [6, 6.07) is 10.00. The van der Waals surface area contributed by atoms with Crippen LogP contribution in [-0.4, -0.2) is 36.8 Å². The third-order valence-electron chi connectivity index (χ3n) is 3.35. The molecule has 4 atom stereocenters. The zero-order chi connectivity index (χ0) is 11.7. The summed E-state index contributed by atoms with van der Waals surface area (Å²) in [5.74, 6) is -0.0429. The molecule has 0 bridgehead atoms. The van der Waals surface area contributed by atoms with Crippen molar-refractivity contribution < 1.29 is 19.3 Å². The van der Waals surface area contributed by atoms with Gasteiger partial charge in [-0.2, -0.15) is 0 Å². The molecule has 2 aliphatic heterocycles. The average Bonchev–Trinajstić information content (AvgIpc) is 2.92. The molecule has 1 N–H and O–H groups in total. The van der Waals surface area contributed by atoms with Crippen LogP contribution in [0.25, 0.3) is 0 Å². The topological polar surface area (TPSA) is 47.9 Å². The molecule has 2 fully saturated rings. The molecule has 92 valence electrons. The number of hydrogen-bond acceptors (Lipinski definition) is 4. The number of ether oxygens (including phenoxy) is 3. The van der Waals surface area contributed by atoms with Gasteiger partial charge in [-0.05, 0) is 5.56 Å². The molecule has 1 aromatic rings. The Morgan fingerprint density at radius 2 is 1.94 bits per heavy atom. The third kappa shape index (κ3) is 2.21. The van der Waals surface area contributed by atoms with Gasteiger partial charge in [0.15, 0.2) is 6.29 Å².